The maximum Gasteiger partial charge on any atom is 0.143 e. The Balaban J connectivity index is 0.000000791. The zero-order chi connectivity index (χ0) is 11.0. The molecule has 0 amide bonds. The largest absolute Gasteiger partial charge is 0.248 e. The highest BCUT2D eigenvalue weighted by molar-refractivity contribution is 7.15. The van der Waals surface area contributed by atoms with Gasteiger partial charge in [-0.3, -0.25) is 0 Å². The SMILES string of the molecule is C/C=C\c1nc(C)sc1/N=C\C.CC. The molecule has 0 aromatic carbocycles. The number of allylic oxidation sites excluding steroid dienone is 1. The third-order valence-corrected chi connectivity index (χ3v) is 2.21. The summed E-state index contributed by atoms with van der Waals surface area (Å²) >= 11 is 1.62. The lowest BCUT2D eigenvalue weighted by atomic mass is 10.4. The molecule has 3 heteroatoms. The lowest BCUT2D eigenvalue weighted by molar-refractivity contribution is 1.27. The van der Waals surface area contributed by atoms with Gasteiger partial charge in [0.25, 0.3) is 0 Å². The van der Waals surface area contributed by atoms with Crippen molar-refractivity contribution in [1.82, 2.24) is 4.98 Å². The van der Waals surface area contributed by atoms with Crippen LogP contribution in [0.1, 0.15) is 38.4 Å². The molecule has 1 aromatic rings. The first-order valence-electron chi connectivity index (χ1n) is 4.86. The monoisotopic (exact) mass is 210 g/mol. The lowest BCUT2D eigenvalue weighted by Gasteiger charge is -1.85. The first-order valence-corrected chi connectivity index (χ1v) is 5.68. The molecule has 0 saturated carbocycles. The third kappa shape index (κ3) is 3.83. The number of hydrogen-bond acceptors (Lipinski definition) is 3. The fourth-order valence-electron chi connectivity index (χ4n) is 0.909. The molecule has 0 fully saturated rings. The van der Waals surface area contributed by atoms with Crippen LogP contribution in [0.4, 0.5) is 5.00 Å². The number of hydrogen-bond donors (Lipinski definition) is 0. The van der Waals surface area contributed by atoms with E-state index >= 15 is 0 Å². The summed E-state index contributed by atoms with van der Waals surface area (Å²) in [7, 11) is 0. The van der Waals surface area contributed by atoms with Crippen LogP contribution >= 0.6 is 11.3 Å². The molecule has 0 aliphatic carbocycles. The third-order valence-electron chi connectivity index (χ3n) is 1.31. The molecular weight excluding hydrogens is 192 g/mol. The van der Waals surface area contributed by atoms with Crippen molar-refractivity contribution in [3.05, 3.63) is 16.8 Å². The number of nitrogens with zero attached hydrogens (tertiary/aromatic N) is 2. The molecule has 0 unspecified atom stereocenters. The van der Waals surface area contributed by atoms with Crippen LogP contribution < -0.4 is 0 Å². The first kappa shape index (κ1) is 13.0. The van der Waals surface area contributed by atoms with Crippen LogP contribution in [0.25, 0.3) is 6.08 Å². The molecule has 1 aromatic heterocycles. The molecule has 1 rings (SSSR count). The van der Waals surface area contributed by atoms with Crippen molar-refractivity contribution in [2.24, 2.45) is 4.99 Å². The second kappa shape index (κ2) is 7.44. The summed E-state index contributed by atoms with van der Waals surface area (Å²) in [5, 5.41) is 2.05. The Kier molecular flexibility index (Phi) is 6.93. The normalized spacial score (nSPS) is 10.6. The number of rotatable bonds is 2. The number of aromatic nitrogens is 1. The first-order chi connectivity index (χ1) is 6.77. The van der Waals surface area contributed by atoms with Crippen LogP contribution in [0, 0.1) is 6.92 Å². The van der Waals surface area contributed by atoms with Gasteiger partial charge in [0.1, 0.15) is 5.00 Å². The van der Waals surface area contributed by atoms with Crippen molar-refractivity contribution in [1.29, 1.82) is 0 Å². The number of aliphatic imine (C=N–C) groups is 1. The summed E-state index contributed by atoms with van der Waals surface area (Å²) < 4.78 is 0. The van der Waals surface area contributed by atoms with E-state index in [1.165, 1.54) is 0 Å². The van der Waals surface area contributed by atoms with Crippen LogP contribution in [0.3, 0.4) is 0 Å². The maximum atomic E-state index is 4.34. The quantitative estimate of drug-likeness (QED) is 0.670. The van der Waals surface area contributed by atoms with Crippen molar-refractivity contribution in [2.45, 2.75) is 34.6 Å². The van der Waals surface area contributed by atoms with Crippen molar-refractivity contribution in [2.75, 3.05) is 0 Å². The Morgan fingerprint density at radius 1 is 1.29 bits per heavy atom. The summed E-state index contributed by atoms with van der Waals surface area (Å²) in [4.78, 5) is 8.56. The fraction of sp³-hybridized carbons (Fsp3) is 0.455. The van der Waals surface area contributed by atoms with Crippen molar-refractivity contribution < 1.29 is 0 Å². The number of thiazole rings is 1. The Hall–Kier alpha value is -0.960. The standard InChI is InChI=1S/C9H12N2S.C2H6/c1-4-6-8-9(10-5-2)12-7(3)11-8;1-2/h4-6H,1-3H3;1-2H3/b6-4-,10-5-;. The highest BCUT2D eigenvalue weighted by Gasteiger charge is 2.02. The van der Waals surface area contributed by atoms with Gasteiger partial charge in [-0.25, -0.2) is 9.98 Å². The van der Waals surface area contributed by atoms with Crippen LogP contribution in [-0.4, -0.2) is 11.2 Å². The zero-order valence-electron chi connectivity index (χ0n) is 9.53. The molecule has 0 N–H and O–H groups in total. The highest BCUT2D eigenvalue weighted by atomic mass is 32.1. The van der Waals surface area contributed by atoms with Crippen LogP contribution in [0.15, 0.2) is 11.1 Å². The summed E-state index contributed by atoms with van der Waals surface area (Å²) in [5.41, 5.74) is 0.970. The minimum absolute atomic E-state index is 0.970. The molecule has 0 aliphatic rings. The summed E-state index contributed by atoms with van der Waals surface area (Å²) in [6.07, 6.45) is 5.74. The van der Waals surface area contributed by atoms with Crippen LogP contribution in [0.2, 0.25) is 0 Å². The predicted octanol–water partition coefficient (Wildman–Crippen LogP) is 4.23. The van der Waals surface area contributed by atoms with E-state index in [-0.39, 0.29) is 0 Å². The average Bonchev–Trinajstić information content (AvgIpc) is 2.51. The summed E-state index contributed by atoms with van der Waals surface area (Å²) in [5.74, 6) is 0. The maximum absolute atomic E-state index is 4.34. The summed E-state index contributed by atoms with van der Waals surface area (Å²) in [6.45, 7) is 9.88. The Morgan fingerprint density at radius 3 is 2.43 bits per heavy atom. The minimum Gasteiger partial charge on any atom is -0.248 e. The van der Waals surface area contributed by atoms with Gasteiger partial charge in [0.05, 0.1) is 10.7 Å². The van der Waals surface area contributed by atoms with Crippen molar-refractivity contribution >= 4 is 28.6 Å². The van der Waals surface area contributed by atoms with E-state index in [4.69, 9.17) is 0 Å². The fourth-order valence-corrected chi connectivity index (χ4v) is 1.71. The minimum atomic E-state index is 0.970. The molecule has 0 saturated heterocycles. The van der Waals surface area contributed by atoms with E-state index in [0.717, 1.165) is 15.7 Å². The van der Waals surface area contributed by atoms with Gasteiger partial charge in [0.2, 0.25) is 0 Å². The van der Waals surface area contributed by atoms with E-state index in [0.29, 0.717) is 0 Å². The van der Waals surface area contributed by atoms with Gasteiger partial charge < -0.3 is 0 Å². The molecule has 0 atom stereocenters. The van der Waals surface area contributed by atoms with Gasteiger partial charge in [-0.1, -0.05) is 31.3 Å². The molecule has 2 nitrogen and oxygen atoms in total. The van der Waals surface area contributed by atoms with Gasteiger partial charge in [0, 0.05) is 6.21 Å². The molecule has 0 bridgehead atoms. The molecule has 14 heavy (non-hydrogen) atoms. The van der Waals surface area contributed by atoms with E-state index in [1.807, 2.05) is 46.8 Å². The van der Waals surface area contributed by atoms with Gasteiger partial charge in [-0.2, -0.15) is 0 Å². The molecule has 0 radical (unpaired) electrons. The Morgan fingerprint density at radius 2 is 1.93 bits per heavy atom. The molecule has 78 valence electrons. The highest BCUT2D eigenvalue weighted by Crippen LogP contribution is 2.27. The second-order valence-corrected chi connectivity index (χ2v) is 3.49. The molecule has 0 aliphatic heterocycles. The van der Waals surface area contributed by atoms with Gasteiger partial charge in [0.15, 0.2) is 0 Å². The Labute approximate surface area is 90.4 Å². The van der Waals surface area contributed by atoms with E-state index in [2.05, 4.69) is 9.98 Å². The smallest absolute Gasteiger partial charge is 0.143 e. The van der Waals surface area contributed by atoms with Gasteiger partial charge in [-0.05, 0) is 26.8 Å². The Bertz CT molecular complexity index is 282. The summed E-state index contributed by atoms with van der Waals surface area (Å²) in [6, 6.07) is 0. The average molecular weight is 210 g/mol. The number of aryl methyl sites for hydroxylation is 1. The van der Waals surface area contributed by atoms with E-state index < -0.39 is 0 Å². The lowest BCUT2D eigenvalue weighted by Crippen LogP contribution is -1.71. The molecule has 1 heterocycles. The van der Waals surface area contributed by atoms with Crippen LogP contribution in [0.5, 0.6) is 0 Å². The molecule has 0 spiro atoms. The molecular formula is C11H18N2S. The van der Waals surface area contributed by atoms with Crippen LogP contribution in [-0.2, 0) is 0 Å². The van der Waals surface area contributed by atoms with Crippen molar-refractivity contribution in [3.63, 3.8) is 0 Å². The second-order valence-electron chi connectivity index (χ2n) is 2.31. The topological polar surface area (TPSA) is 25.2 Å². The zero-order valence-corrected chi connectivity index (χ0v) is 10.4. The van der Waals surface area contributed by atoms with Gasteiger partial charge in [-0.15, -0.1) is 0 Å². The van der Waals surface area contributed by atoms with Crippen molar-refractivity contribution in [3.8, 4) is 0 Å². The van der Waals surface area contributed by atoms with E-state index in [9.17, 15) is 0 Å². The van der Waals surface area contributed by atoms with Gasteiger partial charge >= 0.3 is 0 Å². The van der Waals surface area contributed by atoms with E-state index in [1.54, 1.807) is 17.6 Å². The predicted molar refractivity (Wildman–Crippen MR) is 66.7 cm³/mol.